The minimum absolute atomic E-state index is 0.459. The lowest BCUT2D eigenvalue weighted by molar-refractivity contribution is 0.306. The van der Waals surface area contributed by atoms with Crippen molar-refractivity contribution in [3.63, 3.8) is 0 Å². The van der Waals surface area contributed by atoms with Crippen LogP contribution in [0.5, 0.6) is 5.75 Å². The van der Waals surface area contributed by atoms with Gasteiger partial charge in [-0.05, 0) is 17.7 Å². The largest absolute Gasteiger partial charge is 0.487 e. The average Bonchev–Trinajstić information content (AvgIpc) is 2.55. The van der Waals surface area contributed by atoms with Crippen LogP contribution in [0, 0.1) is 0 Å². The molecule has 1 heterocycles. The molecule has 0 spiro atoms. The van der Waals surface area contributed by atoms with Crippen LogP contribution >= 0.6 is 11.6 Å². The van der Waals surface area contributed by atoms with E-state index in [2.05, 4.69) is 4.98 Å². The number of nitrogens with zero attached hydrogens (tertiary/aromatic N) is 1. The number of halogens is 1. The van der Waals surface area contributed by atoms with Crippen molar-refractivity contribution in [1.82, 2.24) is 4.98 Å². The Balaban J connectivity index is 1.88. The molecule has 0 bridgehead atoms. The van der Waals surface area contributed by atoms with Gasteiger partial charge in [0.15, 0.2) is 0 Å². The molecule has 2 nitrogen and oxygen atoms in total. The normalized spacial score (nSPS) is 10.3. The van der Waals surface area contributed by atoms with E-state index in [4.69, 9.17) is 16.3 Å². The van der Waals surface area contributed by atoms with Crippen molar-refractivity contribution in [2.75, 3.05) is 0 Å². The summed E-state index contributed by atoms with van der Waals surface area (Å²) in [7, 11) is 0. The molecule has 3 heteroatoms. The van der Waals surface area contributed by atoms with Crippen molar-refractivity contribution >= 4 is 11.6 Å². The zero-order chi connectivity index (χ0) is 14.5. The predicted octanol–water partition coefficient (Wildman–Crippen LogP) is 4.98. The highest BCUT2D eigenvalue weighted by atomic mass is 35.5. The summed E-state index contributed by atoms with van der Waals surface area (Å²) < 4.78 is 5.91. The Labute approximate surface area is 129 Å². The molecular formula is C18H14ClNO. The van der Waals surface area contributed by atoms with E-state index in [0.29, 0.717) is 11.8 Å². The van der Waals surface area contributed by atoms with Gasteiger partial charge in [-0.2, -0.15) is 0 Å². The van der Waals surface area contributed by atoms with Gasteiger partial charge in [0, 0.05) is 5.56 Å². The van der Waals surface area contributed by atoms with Crippen molar-refractivity contribution in [2.24, 2.45) is 0 Å². The van der Waals surface area contributed by atoms with Crippen LogP contribution in [0.25, 0.3) is 11.3 Å². The lowest BCUT2D eigenvalue weighted by Gasteiger charge is -2.11. The second kappa shape index (κ2) is 6.42. The van der Waals surface area contributed by atoms with E-state index in [1.165, 1.54) is 0 Å². The lowest BCUT2D eigenvalue weighted by atomic mass is 10.1. The predicted molar refractivity (Wildman–Crippen MR) is 85.5 cm³/mol. The van der Waals surface area contributed by atoms with Crippen LogP contribution in [0.2, 0.25) is 5.15 Å². The fourth-order valence-corrected chi connectivity index (χ4v) is 2.22. The molecule has 0 radical (unpaired) electrons. The number of pyridine rings is 1. The van der Waals surface area contributed by atoms with E-state index in [9.17, 15) is 0 Å². The van der Waals surface area contributed by atoms with E-state index in [1.54, 1.807) is 6.07 Å². The summed E-state index contributed by atoms with van der Waals surface area (Å²) in [4.78, 5) is 4.40. The first-order valence-corrected chi connectivity index (χ1v) is 7.09. The zero-order valence-electron chi connectivity index (χ0n) is 11.4. The Bertz CT molecular complexity index is 714. The van der Waals surface area contributed by atoms with E-state index < -0.39 is 0 Å². The van der Waals surface area contributed by atoms with Crippen molar-refractivity contribution in [3.05, 3.63) is 83.5 Å². The fourth-order valence-electron chi connectivity index (χ4n) is 2.08. The maximum absolute atomic E-state index is 6.02. The summed E-state index contributed by atoms with van der Waals surface area (Å²) in [5.41, 5.74) is 2.87. The molecule has 2 aromatic carbocycles. The minimum Gasteiger partial charge on any atom is -0.487 e. The molecule has 0 amide bonds. The van der Waals surface area contributed by atoms with Crippen molar-refractivity contribution in [1.29, 1.82) is 0 Å². The Morgan fingerprint density at radius 1 is 0.810 bits per heavy atom. The van der Waals surface area contributed by atoms with Crippen LogP contribution in [-0.2, 0) is 6.61 Å². The van der Waals surface area contributed by atoms with Crippen LogP contribution < -0.4 is 4.74 Å². The summed E-state index contributed by atoms with van der Waals surface area (Å²) in [6.45, 7) is 0.504. The molecule has 0 saturated carbocycles. The highest BCUT2D eigenvalue weighted by Crippen LogP contribution is 2.30. The second-order valence-corrected chi connectivity index (χ2v) is 5.01. The topological polar surface area (TPSA) is 22.1 Å². The van der Waals surface area contributed by atoms with Gasteiger partial charge >= 0.3 is 0 Å². The van der Waals surface area contributed by atoms with E-state index in [-0.39, 0.29) is 0 Å². The highest BCUT2D eigenvalue weighted by Gasteiger charge is 2.09. The van der Waals surface area contributed by atoms with Gasteiger partial charge in [-0.1, -0.05) is 72.3 Å². The first-order valence-electron chi connectivity index (χ1n) is 6.71. The molecule has 0 saturated heterocycles. The molecule has 0 fully saturated rings. The van der Waals surface area contributed by atoms with Gasteiger partial charge in [-0.25, -0.2) is 4.98 Å². The quantitative estimate of drug-likeness (QED) is 0.633. The van der Waals surface area contributed by atoms with Crippen molar-refractivity contribution in [2.45, 2.75) is 6.61 Å². The van der Waals surface area contributed by atoms with Crippen molar-refractivity contribution in [3.8, 4) is 17.0 Å². The molecule has 0 aliphatic rings. The van der Waals surface area contributed by atoms with E-state index in [0.717, 1.165) is 22.6 Å². The number of benzene rings is 2. The lowest BCUT2D eigenvalue weighted by Crippen LogP contribution is -1.98. The number of hydrogen-bond donors (Lipinski definition) is 0. The monoisotopic (exact) mass is 295 g/mol. The fraction of sp³-hybridized carbons (Fsp3) is 0.0556. The molecule has 0 N–H and O–H groups in total. The Kier molecular flexibility index (Phi) is 4.17. The maximum atomic E-state index is 6.02. The molecular weight excluding hydrogens is 282 g/mol. The maximum Gasteiger partial charge on any atom is 0.146 e. The van der Waals surface area contributed by atoms with Crippen LogP contribution in [0.15, 0.2) is 72.8 Å². The van der Waals surface area contributed by atoms with Gasteiger partial charge < -0.3 is 4.74 Å². The molecule has 1 aromatic heterocycles. The first-order chi connectivity index (χ1) is 10.3. The molecule has 0 aliphatic heterocycles. The second-order valence-electron chi connectivity index (χ2n) is 4.62. The molecule has 3 rings (SSSR count). The van der Waals surface area contributed by atoms with Gasteiger partial charge in [0.2, 0.25) is 0 Å². The molecule has 0 unspecified atom stereocenters. The van der Waals surface area contributed by atoms with Gasteiger partial charge in [0.1, 0.15) is 23.2 Å². The number of aromatic nitrogens is 1. The Morgan fingerprint density at radius 3 is 2.19 bits per heavy atom. The third-order valence-electron chi connectivity index (χ3n) is 3.11. The molecule has 104 valence electrons. The molecule has 0 atom stereocenters. The highest BCUT2D eigenvalue weighted by molar-refractivity contribution is 6.29. The van der Waals surface area contributed by atoms with Crippen LogP contribution in [0.3, 0.4) is 0 Å². The SMILES string of the molecule is Clc1ccc(OCc2ccccc2)c(-c2ccccc2)n1. The average molecular weight is 296 g/mol. The minimum atomic E-state index is 0.459. The summed E-state index contributed by atoms with van der Waals surface area (Å²) in [5, 5.41) is 0.459. The molecule has 3 aromatic rings. The first kappa shape index (κ1) is 13.7. The molecule has 0 aliphatic carbocycles. The number of hydrogen-bond acceptors (Lipinski definition) is 2. The summed E-state index contributed by atoms with van der Waals surface area (Å²) >= 11 is 6.02. The smallest absolute Gasteiger partial charge is 0.146 e. The van der Waals surface area contributed by atoms with Gasteiger partial charge in [-0.3, -0.25) is 0 Å². The van der Waals surface area contributed by atoms with E-state index >= 15 is 0 Å². The summed E-state index contributed by atoms with van der Waals surface area (Å²) in [6.07, 6.45) is 0. The summed E-state index contributed by atoms with van der Waals surface area (Å²) in [6, 6.07) is 23.6. The van der Waals surface area contributed by atoms with Gasteiger partial charge in [0.05, 0.1) is 0 Å². The van der Waals surface area contributed by atoms with E-state index in [1.807, 2.05) is 66.7 Å². The third kappa shape index (κ3) is 3.41. The van der Waals surface area contributed by atoms with Crippen LogP contribution in [0.1, 0.15) is 5.56 Å². The molecule has 21 heavy (non-hydrogen) atoms. The standard InChI is InChI=1S/C18H14ClNO/c19-17-12-11-16(21-13-14-7-3-1-4-8-14)18(20-17)15-9-5-2-6-10-15/h1-12H,13H2. The van der Waals surface area contributed by atoms with Crippen LogP contribution in [-0.4, -0.2) is 4.98 Å². The van der Waals surface area contributed by atoms with Crippen LogP contribution in [0.4, 0.5) is 0 Å². The Hall–Kier alpha value is -2.32. The van der Waals surface area contributed by atoms with Gasteiger partial charge in [-0.15, -0.1) is 0 Å². The third-order valence-corrected chi connectivity index (χ3v) is 3.32. The zero-order valence-corrected chi connectivity index (χ0v) is 12.1. The van der Waals surface area contributed by atoms with Gasteiger partial charge in [0.25, 0.3) is 0 Å². The van der Waals surface area contributed by atoms with Crippen molar-refractivity contribution < 1.29 is 4.74 Å². The summed E-state index contributed by atoms with van der Waals surface area (Å²) in [5.74, 6) is 0.731. The number of ether oxygens (including phenoxy) is 1. The number of rotatable bonds is 4. The Morgan fingerprint density at radius 2 is 1.48 bits per heavy atom.